The van der Waals surface area contributed by atoms with Crippen molar-refractivity contribution < 1.29 is 4.79 Å². The first kappa shape index (κ1) is 16.6. The van der Waals surface area contributed by atoms with Gasteiger partial charge in [0.05, 0.1) is 11.5 Å². The van der Waals surface area contributed by atoms with Crippen molar-refractivity contribution >= 4 is 23.1 Å². The molecule has 0 radical (unpaired) electrons. The summed E-state index contributed by atoms with van der Waals surface area (Å²) < 4.78 is 0. The molecular formula is C18H20N4OS. The van der Waals surface area contributed by atoms with Gasteiger partial charge in [-0.05, 0) is 44.5 Å². The Labute approximate surface area is 145 Å². The third-order valence-corrected chi connectivity index (χ3v) is 5.10. The van der Waals surface area contributed by atoms with Crippen LogP contribution in [0.1, 0.15) is 29.0 Å². The lowest BCUT2D eigenvalue weighted by Gasteiger charge is -2.31. The lowest BCUT2D eigenvalue weighted by molar-refractivity contribution is -0.121. The zero-order valence-corrected chi connectivity index (χ0v) is 14.5. The van der Waals surface area contributed by atoms with Gasteiger partial charge in [0.25, 0.3) is 0 Å². The van der Waals surface area contributed by atoms with Gasteiger partial charge < -0.3 is 5.32 Å². The Bertz CT molecular complexity index is 764. The summed E-state index contributed by atoms with van der Waals surface area (Å²) in [5, 5.41) is 13.7. The summed E-state index contributed by atoms with van der Waals surface area (Å²) in [4.78, 5) is 20.3. The number of carbonyl (C=O) groups excluding carboxylic acids is 1. The van der Waals surface area contributed by atoms with Crippen LogP contribution in [-0.2, 0) is 11.3 Å². The van der Waals surface area contributed by atoms with Gasteiger partial charge >= 0.3 is 0 Å². The Hall–Kier alpha value is -2.23. The van der Waals surface area contributed by atoms with Crippen LogP contribution in [0.2, 0.25) is 0 Å². The van der Waals surface area contributed by atoms with Crippen molar-refractivity contribution in [1.82, 2.24) is 9.88 Å². The van der Waals surface area contributed by atoms with Crippen molar-refractivity contribution in [3.8, 4) is 6.07 Å². The third-order valence-electron chi connectivity index (χ3n) is 4.18. The number of pyridine rings is 1. The average Bonchev–Trinajstić information content (AvgIpc) is 3.03. The molecule has 1 amide bonds. The van der Waals surface area contributed by atoms with Gasteiger partial charge in [0.15, 0.2) is 0 Å². The van der Waals surface area contributed by atoms with Crippen LogP contribution in [0.4, 0.5) is 5.82 Å². The zero-order valence-electron chi connectivity index (χ0n) is 13.7. The highest BCUT2D eigenvalue weighted by Crippen LogP contribution is 2.22. The number of nitrogens with one attached hydrogen (secondary N) is 1. The van der Waals surface area contributed by atoms with Crippen LogP contribution in [0.3, 0.4) is 0 Å². The van der Waals surface area contributed by atoms with E-state index < -0.39 is 0 Å². The predicted octanol–water partition coefficient (Wildman–Crippen LogP) is 3.17. The minimum absolute atomic E-state index is 0.0172. The lowest BCUT2D eigenvalue weighted by Crippen LogP contribution is -2.40. The number of aryl methyl sites for hydroxylation is 1. The molecule has 1 N–H and O–H groups in total. The number of thiophene rings is 1. The molecule has 3 heterocycles. The van der Waals surface area contributed by atoms with Gasteiger partial charge in [-0.25, -0.2) is 4.98 Å². The highest BCUT2D eigenvalue weighted by molar-refractivity contribution is 7.10. The summed E-state index contributed by atoms with van der Waals surface area (Å²) in [5.74, 6) is 0.646. The summed E-state index contributed by atoms with van der Waals surface area (Å²) in [6.07, 6.45) is 1.91. The molecule has 1 aliphatic rings. The van der Waals surface area contributed by atoms with Crippen LogP contribution in [0, 0.1) is 24.2 Å². The minimum Gasteiger partial charge on any atom is -0.310 e. The second kappa shape index (κ2) is 7.56. The number of anilines is 1. The van der Waals surface area contributed by atoms with Gasteiger partial charge in [0.2, 0.25) is 5.91 Å². The molecule has 0 aliphatic carbocycles. The van der Waals surface area contributed by atoms with Crippen LogP contribution in [0.15, 0.2) is 29.6 Å². The SMILES string of the molecule is Cc1cccc(NC(=O)C2CCCN(Cc3cc(C#N)cs3)C2)n1. The van der Waals surface area contributed by atoms with E-state index in [4.69, 9.17) is 5.26 Å². The molecule has 0 saturated carbocycles. The number of carbonyl (C=O) groups is 1. The van der Waals surface area contributed by atoms with Gasteiger partial charge in [0.1, 0.15) is 11.9 Å². The molecule has 0 spiro atoms. The summed E-state index contributed by atoms with van der Waals surface area (Å²) in [6, 6.07) is 9.73. The Balaban J connectivity index is 1.58. The lowest BCUT2D eigenvalue weighted by atomic mass is 9.97. The summed E-state index contributed by atoms with van der Waals surface area (Å²) in [6.45, 7) is 4.46. The highest BCUT2D eigenvalue weighted by atomic mass is 32.1. The third kappa shape index (κ3) is 4.19. The number of likely N-dealkylation sites (tertiary alicyclic amines) is 1. The zero-order chi connectivity index (χ0) is 16.9. The number of nitriles is 1. The van der Waals surface area contributed by atoms with Crippen molar-refractivity contribution in [3.05, 3.63) is 45.8 Å². The minimum atomic E-state index is -0.0172. The molecule has 124 valence electrons. The van der Waals surface area contributed by atoms with E-state index in [1.54, 1.807) is 11.3 Å². The molecule has 24 heavy (non-hydrogen) atoms. The van der Waals surface area contributed by atoms with E-state index in [0.717, 1.165) is 38.2 Å². The van der Waals surface area contributed by atoms with E-state index >= 15 is 0 Å². The highest BCUT2D eigenvalue weighted by Gasteiger charge is 2.26. The van der Waals surface area contributed by atoms with Gasteiger partial charge in [-0.3, -0.25) is 9.69 Å². The van der Waals surface area contributed by atoms with E-state index in [1.165, 1.54) is 4.88 Å². The number of amides is 1. The summed E-state index contributed by atoms with van der Waals surface area (Å²) >= 11 is 1.61. The molecule has 1 aliphatic heterocycles. The summed E-state index contributed by atoms with van der Waals surface area (Å²) in [5.41, 5.74) is 1.61. The first-order valence-corrected chi connectivity index (χ1v) is 8.96. The fourth-order valence-corrected chi connectivity index (χ4v) is 3.85. The van der Waals surface area contributed by atoms with Gasteiger partial charge in [-0.1, -0.05) is 6.07 Å². The second-order valence-electron chi connectivity index (χ2n) is 6.14. The van der Waals surface area contributed by atoms with Gasteiger partial charge in [0, 0.05) is 29.0 Å². The number of nitrogens with zero attached hydrogens (tertiary/aromatic N) is 3. The van der Waals surface area contributed by atoms with E-state index in [-0.39, 0.29) is 11.8 Å². The van der Waals surface area contributed by atoms with E-state index in [9.17, 15) is 4.79 Å². The Morgan fingerprint density at radius 2 is 2.42 bits per heavy atom. The molecule has 1 fully saturated rings. The van der Waals surface area contributed by atoms with Crippen molar-refractivity contribution in [2.24, 2.45) is 5.92 Å². The molecule has 2 aromatic rings. The predicted molar refractivity (Wildman–Crippen MR) is 94.6 cm³/mol. The number of aromatic nitrogens is 1. The molecule has 0 bridgehead atoms. The second-order valence-corrected chi connectivity index (χ2v) is 7.14. The Kier molecular flexibility index (Phi) is 5.24. The van der Waals surface area contributed by atoms with E-state index in [1.807, 2.05) is 36.6 Å². The van der Waals surface area contributed by atoms with Crippen molar-refractivity contribution in [2.45, 2.75) is 26.3 Å². The van der Waals surface area contributed by atoms with Crippen molar-refractivity contribution in [2.75, 3.05) is 18.4 Å². The van der Waals surface area contributed by atoms with Gasteiger partial charge in [-0.2, -0.15) is 5.26 Å². The molecular weight excluding hydrogens is 320 g/mol. The van der Waals surface area contributed by atoms with Crippen LogP contribution in [0.5, 0.6) is 0 Å². The molecule has 1 atom stereocenters. The first-order valence-electron chi connectivity index (χ1n) is 8.08. The maximum Gasteiger partial charge on any atom is 0.229 e. The molecule has 6 heteroatoms. The van der Waals surface area contributed by atoms with Crippen molar-refractivity contribution in [1.29, 1.82) is 5.26 Å². The monoisotopic (exact) mass is 340 g/mol. The van der Waals surface area contributed by atoms with E-state index in [0.29, 0.717) is 11.4 Å². The molecule has 0 aromatic carbocycles. The maximum absolute atomic E-state index is 12.5. The topological polar surface area (TPSA) is 69.0 Å². The number of rotatable bonds is 4. The molecule has 1 saturated heterocycles. The van der Waals surface area contributed by atoms with Gasteiger partial charge in [-0.15, -0.1) is 11.3 Å². The Morgan fingerprint density at radius 3 is 3.17 bits per heavy atom. The number of hydrogen-bond donors (Lipinski definition) is 1. The normalized spacial score (nSPS) is 18.1. The average molecular weight is 340 g/mol. The maximum atomic E-state index is 12.5. The van der Waals surface area contributed by atoms with Crippen LogP contribution in [-0.4, -0.2) is 28.9 Å². The van der Waals surface area contributed by atoms with Crippen LogP contribution >= 0.6 is 11.3 Å². The van der Waals surface area contributed by atoms with E-state index in [2.05, 4.69) is 21.3 Å². The Morgan fingerprint density at radius 1 is 1.54 bits per heavy atom. The molecule has 2 aromatic heterocycles. The van der Waals surface area contributed by atoms with Crippen LogP contribution < -0.4 is 5.32 Å². The number of hydrogen-bond acceptors (Lipinski definition) is 5. The molecule has 5 nitrogen and oxygen atoms in total. The van der Waals surface area contributed by atoms with Crippen molar-refractivity contribution in [3.63, 3.8) is 0 Å². The quantitative estimate of drug-likeness (QED) is 0.928. The molecule has 1 unspecified atom stereocenters. The van der Waals surface area contributed by atoms with Crippen LogP contribution in [0.25, 0.3) is 0 Å². The standard InChI is InChI=1S/C18H20N4OS/c1-13-4-2-6-17(20-13)21-18(23)15-5-3-7-22(10-15)11-16-8-14(9-19)12-24-16/h2,4,6,8,12,15H,3,5,7,10-11H2,1H3,(H,20,21,23). The fourth-order valence-electron chi connectivity index (χ4n) is 3.00. The first-order chi connectivity index (χ1) is 11.6. The molecule has 3 rings (SSSR count). The largest absolute Gasteiger partial charge is 0.310 e. The fraction of sp³-hybridized carbons (Fsp3) is 0.389. The smallest absolute Gasteiger partial charge is 0.229 e. The number of piperidine rings is 1. The summed E-state index contributed by atoms with van der Waals surface area (Å²) in [7, 11) is 0.